The van der Waals surface area contributed by atoms with Gasteiger partial charge in [-0.1, -0.05) is 12.1 Å². The Morgan fingerprint density at radius 1 is 1.36 bits per heavy atom. The van der Waals surface area contributed by atoms with Crippen LogP contribution in [0, 0.1) is 16.7 Å². The molecule has 0 bridgehead atoms. The van der Waals surface area contributed by atoms with Crippen LogP contribution in [-0.4, -0.2) is 38.1 Å². The van der Waals surface area contributed by atoms with E-state index >= 15 is 0 Å². The number of hydrogen-bond acceptors (Lipinski definition) is 5. The number of ether oxygens (including phenoxy) is 2. The number of nitriles is 1. The summed E-state index contributed by atoms with van der Waals surface area (Å²) in [5.41, 5.74) is 1.09. The maximum Gasteiger partial charge on any atom is 0.174 e. The minimum atomic E-state index is -0.0671. The van der Waals surface area contributed by atoms with Gasteiger partial charge in [-0.3, -0.25) is 0 Å². The summed E-state index contributed by atoms with van der Waals surface area (Å²) in [5, 5.41) is 21.7. The summed E-state index contributed by atoms with van der Waals surface area (Å²) < 4.78 is 10.6. The molecule has 0 radical (unpaired) electrons. The molecule has 0 aliphatic carbocycles. The van der Waals surface area contributed by atoms with Crippen LogP contribution in [0.4, 0.5) is 0 Å². The summed E-state index contributed by atoms with van der Waals surface area (Å²) in [5.74, 6) is 0.703. The maximum atomic E-state index is 9.71. The minimum absolute atomic E-state index is 0.0637. The summed E-state index contributed by atoms with van der Waals surface area (Å²) in [6.07, 6.45) is 1.79. The highest BCUT2D eigenvalue weighted by Crippen LogP contribution is 2.30. The maximum absolute atomic E-state index is 9.71. The van der Waals surface area contributed by atoms with Crippen LogP contribution in [0.2, 0.25) is 0 Å². The van der Waals surface area contributed by atoms with E-state index in [0.29, 0.717) is 5.75 Å². The first-order valence-corrected chi connectivity index (χ1v) is 7.71. The first kappa shape index (κ1) is 16.8. The van der Waals surface area contributed by atoms with E-state index in [0.717, 1.165) is 38.2 Å². The number of nitrogens with zero attached hydrogens (tertiary/aromatic N) is 1. The lowest BCUT2D eigenvalue weighted by Crippen LogP contribution is -2.42. The molecule has 5 nitrogen and oxygen atoms in total. The number of aliphatic hydroxyl groups is 1. The molecule has 0 aromatic heterocycles. The molecule has 0 amide bonds. The fraction of sp³-hybridized carbons (Fsp3) is 0.588. The van der Waals surface area contributed by atoms with Gasteiger partial charge in [0.05, 0.1) is 6.61 Å². The lowest BCUT2D eigenvalue weighted by Gasteiger charge is -2.36. The van der Waals surface area contributed by atoms with Crippen LogP contribution in [-0.2, 0) is 4.74 Å². The highest BCUT2D eigenvalue weighted by Gasteiger charge is 2.32. The molecule has 1 aliphatic rings. The zero-order valence-corrected chi connectivity index (χ0v) is 13.0. The molecular weight excluding hydrogens is 280 g/mol. The number of benzene rings is 1. The molecule has 120 valence electrons. The average molecular weight is 304 g/mol. The standard InChI is InChI=1S/C17H24N2O3/c1-14(15-2-4-16(5-3-15)22-11-8-18)19-12-17(13-20)6-9-21-10-7-17/h2-5,14,19-20H,6-7,9-13H2,1H3. The summed E-state index contributed by atoms with van der Waals surface area (Å²) >= 11 is 0. The van der Waals surface area contributed by atoms with Gasteiger partial charge >= 0.3 is 0 Å². The Hall–Kier alpha value is -1.61. The normalized spacial score (nSPS) is 18.4. The third kappa shape index (κ3) is 4.44. The molecule has 22 heavy (non-hydrogen) atoms. The van der Waals surface area contributed by atoms with E-state index < -0.39 is 0 Å². The van der Waals surface area contributed by atoms with Gasteiger partial charge in [0.25, 0.3) is 0 Å². The van der Waals surface area contributed by atoms with Gasteiger partial charge in [0, 0.05) is 31.2 Å². The molecule has 1 heterocycles. The Bertz CT molecular complexity index is 490. The van der Waals surface area contributed by atoms with Crippen molar-refractivity contribution in [2.24, 2.45) is 5.41 Å². The van der Waals surface area contributed by atoms with Gasteiger partial charge in [0.1, 0.15) is 11.8 Å². The van der Waals surface area contributed by atoms with E-state index in [1.54, 1.807) is 0 Å². The minimum Gasteiger partial charge on any atom is -0.479 e. The summed E-state index contributed by atoms with van der Waals surface area (Å²) in [6.45, 7) is 4.59. The Kier molecular flexibility index (Phi) is 6.20. The SMILES string of the molecule is CC(NCC1(CO)CCOCC1)c1ccc(OCC#N)cc1. The van der Waals surface area contributed by atoms with Gasteiger partial charge < -0.3 is 19.9 Å². The summed E-state index contributed by atoms with van der Waals surface area (Å²) in [4.78, 5) is 0. The van der Waals surface area contributed by atoms with E-state index in [2.05, 4.69) is 12.2 Å². The van der Waals surface area contributed by atoms with E-state index in [-0.39, 0.29) is 24.7 Å². The topological polar surface area (TPSA) is 74.5 Å². The molecule has 1 fully saturated rings. The van der Waals surface area contributed by atoms with Crippen LogP contribution in [0.15, 0.2) is 24.3 Å². The molecule has 1 aromatic rings. The van der Waals surface area contributed by atoms with E-state index in [1.807, 2.05) is 30.3 Å². The third-order valence-electron chi connectivity index (χ3n) is 4.36. The van der Waals surface area contributed by atoms with Gasteiger partial charge in [-0.25, -0.2) is 0 Å². The molecule has 2 N–H and O–H groups in total. The number of hydrogen-bond donors (Lipinski definition) is 2. The van der Waals surface area contributed by atoms with E-state index in [1.165, 1.54) is 0 Å². The Balaban J connectivity index is 1.88. The van der Waals surface area contributed by atoms with Crippen molar-refractivity contribution < 1.29 is 14.6 Å². The molecule has 2 rings (SSSR count). The molecule has 1 aliphatic heterocycles. The molecular formula is C17H24N2O3. The Labute approximate surface area is 131 Å². The van der Waals surface area contributed by atoms with Crippen molar-refractivity contribution in [3.05, 3.63) is 29.8 Å². The monoisotopic (exact) mass is 304 g/mol. The van der Waals surface area contributed by atoms with Gasteiger partial charge in [0.15, 0.2) is 6.61 Å². The van der Waals surface area contributed by atoms with Crippen molar-refractivity contribution in [2.45, 2.75) is 25.8 Å². The van der Waals surface area contributed by atoms with Crippen molar-refractivity contribution in [2.75, 3.05) is 33.0 Å². The van der Waals surface area contributed by atoms with E-state index in [9.17, 15) is 5.11 Å². The predicted molar refractivity (Wildman–Crippen MR) is 83.5 cm³/mol. The van der Waals surface area contributed by atoms with Crippen molar-refractivity contribution >= 4 is 0 Å². The lowest BCUT2D eigenvalue weighted by atomic mass is 9.80. The van der Waals surface area contributed by atoms with Crippen LogP contribution < -0.4 is 10.1 Å². The molecule has 0 saturated carbocycles. The molecule has 1 saturated heterocycles. The third-order valence-corrected chi connectivity index (χ3v) is 4.36. The van der Waals surface area contributed by atoms with Gasteiger partial charge in [-0.15, -0.1) is 0 Å². The van der Waals surface area contributed by atoms with Crippen LogP contribution in [0.3, 0.4) is 0 Å². The second kappa shape index (κ2) is 8.14. The Morgan fingerprint density at radius 3 is 2.64 bits per heavy atom. The number of aliphatic hydroxyl groups excluding tert-OH is 1. The second-order valence-electron chi connectivity index (χ2n) is 5.89. The number of nitrogens with one attached hydrogen (secondary N) is 1. The van der Waals surface area contributed by atoms with Crippen molar-refractivity contribution in [1.29, 1.82) is 5.26 Å². The highest BCUT2D eigenvalue weighted by atomic mass is 16.5. The molecule has 1 atom stereocenters. The average Bonchev–Trinajstić information content (AvgIpc) is 2.59. The zero-order valence-electron chi connectivity index (χ0n) is 13.0. The van der Waals surface area contributed by atoms with Crippen LogP contribution in [0.5, 0.6) is 5.75 Å². The van der Waals surface area contributed by atoms with Crippen molar-refractivity contribution in [3.8, 4) is 11.8 Å². The van der Waals surface area contributed by atoms with E-state index in [4.69, 9.17) is 14.7 Å². The van der Waals surface area contributed by atoms with Gasteiger partial charge in [-0.05, 0) is 37.5 Å². The second-order valence-corrected chi connectivity index (χ2v) is 5.89. The van der Waals surface area contributed by atoms with Crippen LogP contribution in [0.25, 0.3) is 0 Å². The largest absolute Gasteiger partial charge is 0.479 e. The molecule has 0 spiro atoms. The van der Waals surface area contributed by atoms with Gasteiger partial charge in [-0.2, -0.15) is 5.26 Å². The van der Waals surface area contributed by atoms with Gasteiger partial charge in [0.2, 0.25) is 0 Å². The lowest BCUT2D eigenvalue weighted by molar-refractivity contribution is -0.0163. The first-order chi connectivity index (χ1) is 10.7. The van der Waals surface area contributed by atoms with Crippen LogP contribution in [0.1, 0.15) is 31.4 Å². The fourth-order valence-corrected chi connectivity index (χ4v) is 2.65. The smallest absolute Gasteiger partial charge is 0.174 e. The fourth-order valence-electron chi connectivity index (χ4n) is 2.65. The Morgan fingerprint density at radius 2 is 2.05 bits per heavy atom. The number of rotatable bonds is 7. The predicted octanol–water partition coefficient (Wildman–Crippen LogP) is 2.03. The summed E-state index contributed by atoms with van der Waals surface area (Å²) in [7, 11) is 0. The van der Waals surface area contributed by atoms with Crippen molar-refractivity contribution in [3.63, 3.8) is 0 Å². The molecule has 5 heteroatoms. The zero-order chi connectivity index (χ0) is 15.8. The first-order valence-electron chi connectivity index (χ1n) is 7.71. The van der Waals surface area contributed by atoms with Crippen molar-refractivity contribution in [1.82, 2.24) is 5.32 Å². The molecule has 1 unspecified atom stereocenters. The molecule has 1 aromatic carbocycles. The van der Waals surface area contributed by atoms with Crippen LogP contribution >= 0.6 is 0 Å². The highest BCUT2D eigenvalue weighted by molar-refractivity contribution is 5.29. The quantitative estimate of drug-likeness (QED) is 0.806. The summed E-state index contributed by atoms with van der Waals surface area (Å²) in [6, 6.07) is 9.90.